The Hall–Kier alpha value is -2.85. The first-order valence-corrected chi connectivity index (χ1v) is 9.67. The number of hydrogen-bond acceptors (Lipinski definition) is 1. The van der Waals surface area contributed by atoms with Gasteiger partial charge < -0.3 is 0 Å². The molecule has 2 aromatic heterocycles. The van der Waals surface area contributed by atoms with Gasteiger partial charge in [-0.25, -0.2) is 0 Å². The van der Waals surface area contributed by atoms with Crippen molar-refractivity contribution in [2.24, 2.45) is 0 Å². The SMILES string of the molecule is Cc1ccc(-n2c(=O)c3ccccc3n3c4ccccc4c(Br)c23)c(C)c1. The van der Waals surface area contributed by atoms with Gasteiger partial charge in [-0.1, -0.05) is 48.0 Å². The number of aryl methyl sites for hydroxylation is 2. The quantitative estimate of drug-likeness (QED) is 0.340. The molecule has 5 aromatic rings. The van der Waals surface area contributed by atoms with Gasteiger partial charge in [-0.2, -0.15) is 0 Å². The Kier molecular flexibility index (Phi) is 3.52. The maximum Gasteiger partial charge on any atom is 0.266 e. The summed E-state index contributed by atoms with van der Waals surface area (Å²) in [6.45, 7) is 4.12. The smallest absolute Gasteiger partial charge is 0.266 e. The Bertz CT molecular complexity index is 1430. The molecule has 4 heteroatoms. The van der Waals surface area contributed by atoms with Crippen LogP contribution in [0.2, 0.25) is 0 Å². The lowest BCUT2D eigenvalue weighted by molar-refractivity contribution is 0.991. The zero-order valence-corrected chi connectivity index (χ0v) is 16.6. The summed E-state index contributed by atoms with van der Waals surface area (Å²) in [6, 6.07) is 22.2. The van der Waals surface area contributed by atoms with E-state index >= 15 is 0 Å². The van der Waals surface area contributed by atoms with Crippen molar-refractivity contribution in [1.29, 1.82) is 0 Å². The number of nitrogens with zero attached hydrogens (tertiary/aromatic N) is 2. The largest absolute Gasteiger partial charge is 0.294 e. The number of para-hydroxylation sites is 2. The van der Waals surface area contributed by atoms with Crippen LogP contribution in [0.5, 0.6) is 0 Å². The first kappa shape index (κ1) is 16.3. The van der Waals surface area contributed by atoms with Crippen molar-refractivity contribution in [2.45, 2.75) is 13.8 Å². The standard InChI is InChI=1S/C23H17BrN2O/c1-14-11-12-18(15(2)13-14)26-22-21(24)16-7-3-5-9-19(16)25(22)20-10-6-4-8-17(20)23(26)27/h3-13H,1-2H3. The molecule has 0 amide bonds. The summed E-state index contributed by atoms with van der Waals surface area (Å²) in [4.78, 5) is 13.5. The van der Waals surface area contributed by atoms with Crippen molar-refractivity contribution < 1.29 is 0 Å². The zero-order valence-electron chi connectivity index (χ0n) is 15.0. The number of benzene rings is 3. The summed E-state index contributed by atoms with van der Waals surface area (Å²) in [6.07, 6.45) is 0. The van der Waals surface area contributed by atoms with Crippen molar-refractivity contribution in [3.05, 3.63) is 92.7 Å². The van der Waals surface area contributed by atoms with Crippen molar-refractivity contribution in [3.63, 3.8) is 0 Å². The summed E-state index contributed by atoms with van der Waals surface area (Å²) in [5, 5.41) is 1.80. The summed E-state index contributed by atoms with van der Waals surface area (Å²) in [5.74, 6) is 0. The Morgan fingerprint density at radius 1 is 0.815 bits per heavy atom. The second kappa shape index (κ2) is 5.83. The van der Waals surface area contributed by atoms with E-state index in [-0.39, 0.29) is 5.56 Å². The predicted octanol–water partition coefficient (Wildman–Crippen LogP) is 5.78. The van der Waals surface area contributed by atoms with E-state index < -0.39 is 0 Å². The van der Waals surface area contributed by atoms with Crippen LogP contribution in [0.15, 0.2) is 76.0 Å². The fourth-order valence-electron chi connectivity index (χ4n) is 3.97. The van der Waals surface area contributed by atoms with E-state index in [0.717, 1.165) is 37.8 Å². The highest BCUT2D eigenvalue weighted by Crippen LogP contribution is 2.34. The molecule has 0 unspecified atom stereocenters. The molecular weight excluding hydrogens is 400 g/mol. The normalized spacial score (nSPS) is 11.7. The van der Waals surface area contributed by atoms with Gasteiger partial charge in [-0.15, -0.1) is 0 Å². The lowest BCUT2D eigenvalue weighted by Crippen LogP contribution is -2.22. The first-order valence-electron chi connectivity index (χ1n) is 8.88. The van der Waals surface area contributed by atoms with Gasteiger partial charge in [0.05, 0.1) is 26.6 Å². The monoisotopic (exact) mass is 416 g/mol. The van der Waals surface area contributed by atoms with Crippen molar-refractivity contribution in [3.8, 4) is 5.69 Å². The molecule has 0 aliphatic carbocycles. The van der Waals surface area contributed by atoms with Crippen LogP contribution in [0.3, 0.4) is 0 Å². The van der Waals surface area contributed by atoms with E-state index in [1.165, 1.54) is 5.56 Å². The highest BCUT2D eigenvalue weighted by molar-refractivity contribution is 9.10. The number of rotatable bonds is 1. The summed E-state index contributed by atoms with van der Waals surface area (Å²) in [5.41, 5.74) is 6.01. The van der Waals surface area contributed by atoms with E-state index in [1.54, 1.807) is 0 Å². The maximum atomic E-state index is 13.5. The van der Waals surface area contributed by atoms with E-state index in [1.807, 2.05) is 47.0 Å². The van der Waals surface area contributed by atoms with Gasteiger partial charge in [0.2, 0.25) is 0 Å². The van der Waals surface area contributed by atoms with E-state index in [4.69, 9.17) is 0 Å². The third-order valence-electron chi connectivity index (χ3n) is 5.17. The minimum atomic E-state index is -0.00596. The van der Waals surface area contributed by atoms with Crippen molar-refractivity contribution >= 4 is 43.4 Å². The molecular formula is C23H17BrN2O. The Balaban J connectivity index is 2.13. The van der Waals surface area contributed by atoms with Crippen LogP contribution >= 0.6 is 15.9 Å². The molecule has 0 radical (unpaired) electrons. The van der Waals surface area contributed by atoms with Crippen molar-refractivity contribution in [1.82, 2.24) is 8.97 Å². The summed E-state index contributed by atoms with van der Waals surface area (Å²) < 4.78 is 4.94. The van der Waals surface area contributed by atoms with E-state index in [2.05, 4.69) is 58.4 Å². The van der Waals surface area contributed by atoms with Gasteiger partial charge in [0.25, 0.3) is 5.56 Å². The number of halogens is 1. The average Bonchev–Trinajstić information content (AvgIpc) is 2.97. The molecule has 27 heavy (non-hydrogen) atoms. The lowest BCUT2D eigenvalue weighted by atomic mass is 10.1. The molecule has 3 aromatic carbocycles. The minimum Gasteiger partial charge on any atom is -0.294 e. The number of hydrogen-bond donors (Lipinski definition) is 0. The Labute approximate surface area is 164 Å². The van der Waals surface area contributed by atoms with Crippen LogP contribution in [0.4, 0.5) is 0 Å². The number of aromatic nitrogens is 2. The van der Waals surface area contributed by atoms with Gasteiger partial charge in [0.1, 0.15) is 5.65 Å². The number of fused-ring (bicyclic) bond motifs is 5. The van der Waals surface area contributed by atoms with Crippen LogP contribution in [-0.2, 0) is 0 Å². The molecule has 0 N–H and O–H groups in total. The van der Waals surface area contributed by atoms with E-state index in [0.29, 0.717) is 5.39 Å². The second-order valence-electron chi connectivity index (χ2n) is 6.94. The molecule has 0 saturated heterocycles. The summed E-state index contributed by atoms with van der Waals surface area (Å²) >= 11 is 3.78. The topological polar surface area (TPSA) is 26.4 Å². The maximum absolute atomic E-state index is 13.5. The molecule has 0 spiro atoms. The summed E-state index contributed by atoms with van der Waals surface area (Å²) in [7, 11) is 0. The molecule has 0 aliphatic rings. The molecule has 0 aliphatic heterocycles. The highest BCUT2D eigenvalue weighted by atomic mass is 79.9. The molecule has 0 fully saturated rings. The molecule has 132 valence electrons. The predicted molar refractivity (Wildman–Crippen MR) is 115 cm³/mol. The minimum absolute atomic E-state index is 0.00596. The van der Waals surface area contributed by atoms with Gasteiger partial charge in [-0.05, 0) is 59.6 Å². The molecule has 0 bridgehead atoms. The van der Waals surface area contributed by atoms with Crippen LogP contribution in [0.1, 0.15) is 11.1 Å². The van der Waals surface area contributed by atoms with Gasteiger partial charge >= 0.3 is 0 Å². The molecule has 5 rings (SSSR count). The second-order valence-corrected chi connectivity index (χ2v) is 7.73. The highest BCUT2D eigenvalue weighted by Gasteiger charge is 2.19. The third kappa shape index (κ3) is 2.23. The van der Waals surface area contributed by atoms with Gasteiger partial charge in [0.15, 0.2) is 0 Å². The Morgan fingerprint density at radius 2 is 1.44 bits per heavy atom. The van der Waals surface area contributed by atoms with Crippen LogP contribution in [-0.4, -0.2) is 8.97 Å². The van der Waals surface area contributed by atoms with E-state index in [9.17, 15) is 4.79 Å². The molecule has 3 nitrogen and oxygen atoms in total. The Morgan fingerprint density at radius 3 is 2.15 bits per heavy atom. The lowest BCUT2D eigenvalue weighted by Gasteiger charge is -2.15. The van der Waals surface area contributed by atoms with Crippen LogP contribution in [0.25, 0.3) is 33.1 Å². The third-order valence-corrected chi connectivity index (χ3v) is 5.95. The fraction of sp³-hybridized carbons (Fsp3) is 0.0870. The van der Waals surface area contributed by atoms with Gasteiger partial charge in [-0.3, -0.25) is 13.8 Å². The molecule has 0 saturated carbocycles. The van der Waals surface area contributed by atoms with Crippen LogP contribution in [0, 0.1) is 13.8 Å². The zero-order chi connectivity index (χ0) is 18.7. The van der Waals surface area contributed by atoms with Crippen molar-refractivity contribution in [2.75, 3.05) is 0 Å². The first-order chi connectivity index (χ1) is 13.1. The van der Waals surface area contributed by atoms with Crippen LogP contribution < -0.4 is 5.56 Å². The fourth-order valence-corrected chi connectivity index (χ4v) is 4.66. The molecule has 0 atom stereocenters. The average molecular weight is 417 g/mol. The van der Waals surface area contributed by atoms with Gasteiger partial charge in [0, 0.05) is 5.39 Å². The molecule has 2 heterocycles.